The van der Waals surface area contributed by atoms with Crippen LogP contribution in [0.2, 0.25) is 0 Å². The monoisotopic (exact) mass is 286 g/mol. The maximum absolute atomic E-state index is 2.36. The maximum atomic E-state index is 2.36. The molecule has 0 aliphatic rings. The molecular weight excluding hydrogens is 259 g/mol. The molecule has 0 atom stereocenters. The number of hydrogen-bond acceptors (Lipinski definition) is 0. The molecule has 0 aliphatic carbocycles. The lowest BCUT2D eigenvalue weighted by Gasteiger charge is -2.16. The van der Waals surface area contributed by atoms with Crippen molar-refractivity contribution in [2.75, 3.05) is 6.66 Å². The van der Waals surface area contributed by atoms with Crippen LogP contribution in [0.4, 0.5) is 0 Å². The van der Waals surface area contributed by atoms with E-state index in [9.17, 15) is 0 Å². The van der Waals surface area contributed by atoms with Crippen molar-refractivity contribution in [3.8, 4) is 0 Å². The van der Waals surface area contributed by atoms with Crippen LogP contribution in [-0.2, 0) is 0 Å². The van der Waals surface area contributed by atoms with Crippen LogP contribution in [0.3, 0.4) is 0 Å². The summed E-state index contributed by atoms with van der Waals surface area (Å²) in [5.74, 6) is 0. The smallest absolute Gasteiger partial charge is 0.0193 e. The summed E-state index contributed by atoms with van der Waals surface area (Å²) < 4.78 is 0. The van der Waals surface area contributed by atoms with E-state index in [2.05, 4.69) is 70.8 Å². The zero-order chi connectivity index (χ0) is 15.3. The second-order valence-electron chi connectivity index (χ2n) is 5.25. The number of rotatable bonds is 2. The molecule has 0 heterocycles. The molecule has 0 N–H and O–H groups in total. The molecule has 20 heavy (non-hydrogen) atoms. The Hall–Kier alpha value is -1.13. The van der Waals surface area contributed by atoms with Gasteiger partial charge in [0, 0.05) is 0 Å². The van der Waals surface area contributed by atoms with Crippen LogP contribution >= 0.6 is 7.92 Å². The summed E-state index contributed by atoms with van der Waals surface area (Å²) in [6.45, 7) is 15.1. The van der Waals surface area contributed by atoms with Crippen molar-refractivity contribution < 1.29 is 0 Å². The fraction of sp³-hybridized carbons (Fsp3) is 0.368. The van der Waals surface area contributed by atoms with Crippen LogP contribution in [0.5, 0.6) is 0 Å². The Morgan fingerprint density at radius 2 is 0.800 bits per heavy atom. The minimum atomic E-state index is -0.236. The van der Waals surface area contributed by atoms with Crippen molar-refractivity contribution in [1.29, 1.82) is 0 Å². The van der Waals surface area contributed by atoms with Gasteiger partial charge in [-0.25, -0.2) is 0 Å². The van der Waals surface area contributed by atoms with E-state index in [0.717, 1.165) is 0 Å². The lowest BCUT2D eigenvalue weighted by atomic mass is 10.2. The molecule has 0 unspecified atom stereocenters. The highest BCUT2D eigenvalue weighted by Crippen LogP contribution is 2.30. The van der Waals surface area contributed by atoms with E-state index in [1.807, 2.05) is 13.8 Å². The first-order valence-corrected chi connectivity index (χ1v) is 9.15. The Morgan fingerprint density at radius 3 is 1.05 bits per heavy atom. The third-order valence-electron chi connectivity index (χ3n) is 3.19. The van der Waals surface area contributed by atoms with E-state index in [1.54, 1.807) is 0 Å². The summed E-state index contributed by atoms with van der Waals surface area (Å²) in [5.41, 5.74) is 5.46. The number of aryl methyl sites for hydroxylation is 4. The van der Waals surface area contributed by atoms with Gasteiger partial charge < -0.3 is 0 Å². The SMILES string of the molecule is CC.Cc1cc(C)cc(P(C)c2cc(C)cc(C)c2)c1. The fourth-order valence-corrected chi connectivity index (χ4v) is 4.32. The van der Waals surface area contributed by atoms with Crippen LogP contribution in [0, 0.1) is 27.7 Å². The summed E-state index contributed by atoms with van der Waals surface area (Å²) in [5, 5.41) is 2.96. The van der Waals surface area contributed by atoms with Crippen LogP contribution in [0.15, 0.2) is 36.4 Å². The van der Waals surface area contributed by atoms with E-state index in [0.29, 0.717) is 0 Å². The van der Waals surface area contributed by atoms with Gasteiger partial charge >= 0.3 is 0 Å². The third-order valence-corrected chi connectivity index (χ3v) is 5.25. The fourth-order valence-electron chi connectivity index (χ4n) is 2.44. The van der Waals surface area contributed by atoms with Gasteiger partial charge in [0.15, 0.2) is 0 Å². The molecule has 2 aromatic carbocycles. The summed E-state index contributed by atoms with van der Waals surface area (Å²) in [6, 6.07) is 13.8. The zero-order valence-corrected chi connectivity index (χ0v) is 14.8. The molecule has 2 aromatic rings. The van der Waals surface area contributed by atoms with Crippen LogP contribution in [0.1, 0.15) is 36.1 Å². The second kappa shape index (κ2) is 7.60. The molecular formula is C19H27P. The largest absolute Gasteiger partial charge is 0.0683 e. The van der Waals surface area contributed by atoms with Gasteiger partial charge in [0.2, 0.25) is 0 Å². The molecule has 0 saturated carbocycles. The molecule has 1 heteroatoms. The van der Waals surface area contributed by atoms with E-state index >= 15 is 0 Å². The van der Waals surface area contributed by atoms with Crippen molar-refractivity contribution in [2.24, 2.45) is 0 Å². The Bertz CT molecular complexity index is 478. The first-order chi connectivity index (χ1) is 9.45. The highest BCUT2D eigenvalue weighted by atomic mass is 31.1. The Labute approximate surface area is 126 Å². The Balaban J connectivity index is 0.000000956. The summed E-state index contributed by atoms with van der Waals surface area (Å²) in [6.07, 6.45) is 0. The Kier molecular flexibility index (Phi) is 6.43. The van der Waals surface area contributed by atoms with E-state index in [4.69, 9.17) is 0 Å². The predicted molar refractivity (Wildman–Crippen MR) is 95.3 cm³/mol. The van der Waals surface area contributed by atoms with Gasteiger partial charge in [-0.15, -0.1) is 0 Å². The molecule has 0 aliphatic heterocycles. The number of benzene rings is 2. The summed E-state index contributed by atoms with van der Waals surface area (Å²) in [7, 11) is -0.236. The molecule has 0 bridgehead atoms. The van der Waals surface area contributed by atoms with Gasteiger partial charge in [-0.2, -0.15) is 0 Å². The van der Waals surface area contributed by atoms with Gasteiger partial charge in [-0.1, -0.05) is 72.5 Å². The van der Waals surface area contributed by atoms with Gasteiger partial charge in [-0.3, -0.25) is 0 Å². The van der Waals surface area contributed by atoms with E-state index in [-0.39, 0.29) is 7.92 Å². The standard InChI is InChI=1S/C17H21P.C2H6/c1-12-6-13(2)9-16(8-12)18(5)17-10-14(3)7-15(4)11-17;1-2/h6-11H,1-5H3;1-2H3. The molecule has 0 radical (unpaired) electrons. The normalized spacial score (nSPS) is 10.2. The highest BCUT2D eigenvalue weighted by molar-refractivity contribution is 7.72. The summed E-state index contributed by atoms with van der Waals surface area (Å²) in [4.78, 5) is 0. The van der Waals surface area contributed by atoms with Crippen molar-refractivity contribution >= 4 is 18.5 Å². The Morgan fingerprint density at radius 1 is 0.550 bits per heavy atom. The minimum absolute atomic E-state index is 0.236. The summed E-state index contributed by atoms with van der Waals surface area (Å²) >= 11 is 0. The number of hydrogen-bond donors (Lipinski definition) is 0. The van der Waals surface area contributed by atoms with Crippen LogP contribution in [-0.4, -0.2) is 6.66 Å². The predicted octanol–water partition coefficient (Wildman–Crippen LogP) is 5.01. The minimum Gasteiger partial charge on any atom is -0.0683 e. The maximum Gasteiger partial charge on any atom is -0.0193 e. The molecule has 0 aromatic heterocycles. The van der Waals surface area contributed by atoms with Crippen molar-refractivity contribution in [1.82, 2.24) is 0 Å². The van der Waals surface area contributed by atoms with Gasteiger partial charge in [-0.05, 0) is 52.9 Å². The molecule has 0 amide bonds. The quantitative estimate of drug-likeness (QED) is 0.681. The van der Waals surface area contributed by atoms with Gasteiger partial charge in [0.05, 0.1) is 0 Å². The van der Waals surface area contributed by atoms with E-state index in [1.165, 1.54) is 32.9 Å². The van der Waals surface area contributed by atoms with Crippen molar-refractivity contribution in [3.05, 3.63) is 58.7 Å². The third kappa shape index (κ3) is 4.46. The molecule has 2 rings (SSSR count). The van der Waals surface area contributed by atoms with Gasteiger partial charge in [0.1, 0.15) is 0 Å². The lowest BCUT2D eigenvalue weighted by molar-refractivity contribution is 1.40. The van der Waals surface area contributed by atoms with Crippen LogP contribution < -0.4 is 10.6 Å². The lowest BCUT2D eigenvalue weighted by Crippen LogP contribution is -2.12. The van der Waals surface area contributed by atoms with E-state index < -0.39 is 0 Å². The van der Waals surface area contributed by atoms with Crippen LogP contribution in [0.25, 0.3) is 0 Å². The molecule has 0 fully saturated rings. The average molecular weight is 286 g/mol. The molecule has 0 nitrogen and oxygen atoms in total. The average Bonchev–Trinajstić information content (AvgIpc) is 2.38. The molecule has 0 spiro atoms. The van der Waals surface area contributed by atoms with Gasteiger partial charge in [0.25, 0.3) is 0 Å². The first kappa shape index (κ1) is 16.9. The second-order valence-corrected chi connectivity index (χ2v) is 7.40. The highest BCUT2D eigenvalue weighted by Gasteiger charge is 2.09. The molecule has 108 valence electrons. The molecule has 0 saturated heterocycles. The first-order valence-electron chi connectivity index (χ1n) is 7.36. The zero-order valence-electron chi connectivity index (χ0n) is 13.9. The van der Waals surface area contributed by atoms with Crippen molar-refractivity contribution in [3.63, 3.8) is 0 Å². The topological polar surface area (TPSA) is 0 Å². The van der Waals surface area contributed by atoms with Crippen molar-refractivity contribution in [2.45, 2.75) is 41.5 Å².